The fraction of sp³-hybridized carbons (Fsp3) is 0.500. The zero-order chi connectivity index (χ0) is 21.7. The number of rotatable bonds is 5. The Kier molecular flexibility index (Phi) is 7.13. The Labute approximate surface area is 162 Å². The van der Waals surface area contributed by atoms with Crippen LogP contribution in [0.1, 0.15) is 19.3 Å². The van der Waals surface area contributed by atoms with E-state index in [9.17, 15) is 28.8 Å². The molecule has 29 heavy (non-hydrogen) atoms. The van der Waals surface area contributed by atoms with Crippen LogP contribution >= 0.6 is 0 Å². The van der Waals surface area contributed by atoms with E-state index >= 15 is 0 Å². The third-order valence-electron chi connectivity index (χ3n) is 3.39. The molecule has 6 N–H and O–H groups in total. The predicted octanol–water partition coefficient (Wildman–Crippen LogP) is -4.61. The molecule has 17 heteroatoms. The molecule has 0 aliphatic carbocycles. The molecule has 2 heterocycles. The van der Waals surface area contributed by atoms with Gasteiger partial charge in [0.2, 0.25) is 0 Å². The van der Waals surface area contributed by atoms with Gasteiger partial charge in [0.05, 0.1) is 19.3 Å². The van der Waals surface area contributed by atoms with Gasteiger partial charge >= 0.3 is 32.6 Å². The van der Waals surface area contributed by atoms with Crippen LogP contribution in [0.25, 0.3) is 0 Å². The standard InChI is InChI=1S/C12H15B2N3O12/c15-4-1-7(18)24-13(27-10(4)21)25-8(19)2-5(16)11(22)28-14-26-9(20)3-6(17)12(23)29-14/h4-6H,1-3,15-17H2/t4-,5-,6-/m0/s1. The Hall–Kier alpha value is -3.17. The van der Waals surface area contributed by atoms with Crippen LogP contribution < -0.4 is 17.2 Å². The van der Waals surface area contributed by atoms with E-state index in [0.717, 1.165) is 0 Å². The molecule has 0 aromatic carbocycles. The minimum Gasteiger partial charge on any atom is -0.462 e. The van der Waals surface area contributed by atoms with Crippen LogP contribution in [-0.4, -0.2) is 68.6 Å². The topological polar surface area (TPSA) is 236 Å². The Morgan fingerprint density at radius 2 is 1.34 bits per heavy atom. The lowest BCUT2D eigenvalue weighted by atomic mass is 10.1. The first kappa shape index (κ1) is 22.1. The lowest BCUT2D eigenvalue weighted by molar-refractivity contribution is -0.151. The molecule has 2 aliphatic heterocycles. The molecule has 0 bridgehead atoms. The lowest BCUT2D eigenvalue weighted by Gasteiger charge is -2.15. The van der Waals surface area contributed by atoms with E-state index < -0.39 is 87.8 Å². The van der Waals surface area contributed by atoms with Gasteiger partial charge in [0.15, 0.2) is 0 Å². The summed E-state index contributed by atoms with van der Waals surface area (Å²) < 4.78 is 27.3. The number of hydrogen-bond donors (Lipinski definition) is 3. The van der Waals surface area contributed by atoms with Crippen molar-refractivity contribution in [3.8, 4) is 0 Å². The molecule has 2 saturated heterocycles. The summed E-state index contributed by atoms with van der Waals surface area (Å²) in [4.78, 5) is 69.4. The first-order valence-corrected chi connectivity index (χ1v) is 8.02. The van der Waals surface area contributed by atoms with Crippen molar-refractivity contribution < 1.29 is 56.7 Å². The predicted molar refractivity (Wildman–Crippen MR) is 85.8 cm³/mol. The highest BCUT2D eigenvalue weighted by molar-refractivity contribution is 6.45. The molecule has 0 radical (unpaired) electrons. The zero-order valence-electron chi connectivity index (χ0n) is 14.6. The second-order valence-electron chi connectivity index (χ2n) is 5.79. The minimum atomic E-state index is -2.04. The molecular formula is C12H15B2N3O12. The Balaban J connectivity index is 1.86. The van der Waals surface area contributed by atoms with E-state index in [2.05, 4.69) is 27.9 Å². The highest BCUT2D eigenvalue weighted by Crippen LogP contribution is 2.10. The van der Waals surface area contributed by atoms with Crippen molar-refractivity contribution >= 4 is 50.5 Å². The van der Waals surface area contributed by atoms with Crippen LogP contribution in [0.5, 0.6) is 0 Å². The molecule has 0 unspecified atom stereocenters. The third kappa shape index (κ3) is 6.44. The van der Waals surface area contributed by atoms with Gasteiger partial charge in [0.25, 0.3) is 17.9 Å². The Morgan fingerprint density at radius 3 is 1.83 bits per heavy atom. The van der Waals surface area contributed by atoms with E-state index in [0.29, 0.717) is 0 Å². The van der Waals surface area contributed by atoms with E-state index in [1.165, 1.54) is 0 Å². The highest BCUT2D eigenvalue weighted by Gasteiger charge is 2.44. The quantitative estimate of drug-likeness (QED) is 0.358. The van der Waals surface area contributed by atoms with Crippen LogP contribution in [0, 0.1) is 0 Å². The largest absolute Gasteiger partial charge is 0.870 e. The van der Waals surface area contributed by atoms with Crippen molar-refractivity contribution in [3.63, 3.8) is 0 Å². The summed E-state index contributed by atoms with van der Waals surface area (Å²) in [5, 5.41) is 0. The fourth-order valence-corrected chi connectivity index (χ4v) is 1.95. The molecule has 2 rings (SSSR count). The maximum Gasteiger partial charge on any atom is 0.870 e. The number of carbonyl (C=O) groups is 6. The van der Waals surface area contributed by atoms with Crippen molar-refractivity contribution in [2.24, 2.45) is 17.2 Å². The monoisotopic (exact) mass is 415 g/mol. The van der Waals surface area contributed by atoms with Gasteiger partial charge in [-0.3, -0.25) is 28.8 Å². The molecule has 156 valence electrons. The summed E-state index contributed by atoms with van der Waals surface area (Å²) in [6, 6.07) is -4.26. The molecule has 0 amide bonds. The van der Waals surface area contributed by atoms with Crippen molar-refractivity contribution in [2.75, 3.05) is 0 Å². The SMILES string of the molecule is N[C@H]1CC(=O)OB(OC(=O)C[C@H](N)C(=O)OB2OC(=O)C[C@H](N)C(=O)O2)OC1=O. The molecular weight excluding hydrogens is 400 g/mol. The molecule has 0 saturated carbocycles. The fourth-order valence-electron chi connectivity index (χ4n) is 1.95. The van der Waals surface area contributed by atoms with Gasteiger partial charge in [-0.15, -0.1) is 0 Å². The number of hydrogen-bond acceptors (Lipinski definition) is 15. The van der Waals surface area contributed by atoms with Crippen molar-refractivity contribution in [1.29, 1.82) is 0 Å². The average molecular weight is 415 g/mol. The van der Waals surface area contributed by atoms with Crippen LogP contribution in [0.3, 0.4) is 0 Å². The summed E-state index contributed by atoms with van der Waals surface area (Å²) >= 11 is 0. The Morgan fingerprint density at radius 1 is 0.897 bits per heavy atom. The van der Waals surface area contributed by atoms with Gasteiger partial charge in [0, 0.05) is 0 Å². The molecule has 2 fully saturated rings. The summed E-state index contributed by atoms with van der Waals surface area (Å²) in [5.41, 5.74) is 16.1. The molecule has 2 aliphatic rings. The summed E-state index contributed by atoms with van der Waals surface area (Å²) in [6.45, 7) is 0. The number of nitrogens with two attached hydrogens (primary N) is 3. The molecule has 15 nitrogen and oxygen atoms in total. The smallest absolute Gasteiger partial charge is 0.462 e. The van der Waals surface area contributed by atoms with E-state index in [4.69, 9.17) is 17.2 Å². The second-order valence-corrected chi connectivity index (χ2v) is 5.79. The molecule has 0 aromatic heterocycles. The van der Waals surface area contributed by atoms with Gasteiger partial charge in [-0.2, -0.15) is 0 Å². The minimum absolute atomic E-state index is 0.485. The summed E-state index contributed by atoms with van der Waals surface area (Å²) in [7, 11) is -4.05. The number of carbonyl (C=O) groups excluding carboxylic acids is 6. The van der Waals surface area contributed by atoms with E-state index in [-0.39, 0.29) is 0 Å². The van der Waals surface area contributed by atoms with E-state index in [1.807, 2.05) is 0 Å². The van der Waals surface area contributed by atoms with Gasteiger partial charge in [0.1, 0.15) is 18.1 Å². The van der Waals surface area contributed by atoms with Crippen molar-refractivity contribution in [3.05, 3.63) is 0 Å². The summed E-state index contributed by atoms with van der Waals surface area (Å²) in [5.74, 6) is -6.55. The summed E-state index contributed by atoms with van der Waals surface area (Å²) in [6.07, 6.45) is -1.81. The molecule has 3 atom stereocenters. The van der Waals surface area contributed by atoms with Gasteiger partial charge in [-0.1, -0.05) is 0 Å². The molecule has 0 aromatic rings. The lowest BCUT2D eigenvalue weighted by Crippen LogP contribution is -2.43. The maximum atomic E-state index is 11.9. The Bertz CT molecular complexity index is 733. The zero-order valence-corrected chi connectivity index (χ0v) is 14.6. The first-order valence-electron chi connectivity index (χ1n) is 8.02. The van der Waals surface area contributed by atoms with Gasteiger partial charge in [-0.05, 0) is 0 Å². The third-order valence-corrected chi connectivity index (χ3v) is 3.39. The average Bonchev–Trinajstić information content (AvgIpc) is 2.79. The van der Waals surface area contributed by atoms with E-state index in [1.54, 1.807) is 0 Å². The van der Waals surface area contributed by atoms with Gasteiger partial charge < -0.3 is 45.1 Å². The van der Waals surface area contributed by atoms with Crippen LogP contribution in [0.2, 0.25) is 0 Å². The first-order chi connectivity index (χ1) is 13.5. The second kappa shape index (κ2) is 9.35. The van der Waals surface area contributed by atoms with Crippen LogP contribution in [-0.2, 0) is 56.7 Å². The highest BCUT2D eigenvalue weighted by atomic mass is 16.8. The van der Waals surface area contributed by atoms with Crippen LogP contribution in [0.4, 0.5) is 0 Å². The van der Waals surface area contributed by atoms with Crippen molar-refractivity contribution in [2.45, 2.75) is 37.4 Å². The van der Waals surface area contributed by atoms with Gasteiger partial charge in [-0.25, -0.2) is 0 Å². The van der Waals surface area contributed by atoms with Crippen molar-refractivity contribution in [1.82, 2.24) is 0 Å². The normalized spacial score (nSPS) is 23.6. The maximum absolute atomic E-state index is 11.9. The molecule has 0 spiro atoms. The van der Waals surface area contributed by atoms with Crippen LogP contribution in [0.15, 0.2) is 0 Å².